The highest BCUT2D eigenvalue weighted by Crippen LogP contribution is 2.63. The Hall–Kier alpha value is -1.36. The molecule has 0 aromatic carbocycles. The molecule has 0 spiro atoms. The Balaban J connectivity index is 1.84. The molecule has 0 aromatic rings. The van der Waals surface area contributed by atoms with Gasteiger partial charge in [0.15, 0.2) is 0 Å². The van der Waals surface area contributed by atoms with Crippen LogP contribution in [-0.4, -0.2) is 48.5 Å². The maximum atomic E-state index is 13.2. The third-order valence-corrected chi connectivity index (χ3v) is 7.06. The summed E-state index contributed by atoms with van der Waals surface area (Å²) in [5.41, 5.74) is -2.96. The molecular weight excluding hydrogens is 429 g/mol. The van der Waals surface area contributed by atoms with Crippen LogP contribution >= 0.6 is 0 Å². The maximum absolute atomic E-state index is 13.2. The van der Waals surface area contributed by atoms with Crippen LogP contribution in [0.25, 0.3) is 0 Å². The van der Waals surface area contributed by atoms with E-state index in [1.165, 1.54) is 0 Å². The first-order valence-electron chi connectivity index (χ1n) is 9.90. The third kappa shape index (κ3) is 4.76. The lowest BCUT2D eigenvalue weighted by atomic mass is 9.48. The van der Waals surface area contributed by atoms with E-state index in [2.05, 4.69) is 4.74 Å². The number of esters is 2. The van der Waals surface area contributed by atoms with Crippen molar-refractivity contribution in [1.29, 1.82) is 0 Å². The molecule has 0 aliphatic heterocycles. The first-order valence-corrected chi connectivity index (χ1v) is 11.5. The van der Waals surface area contributed by atoms with Crippen molar-refractivity contribution < 1.29 is 45.2 Å². The van der Waals surface area contributed by atoms with E-state index in [9.17, 15) is 31.2 Å². The van der Waals surface area contributed by atoms with Crippen LogP contribution < -0.4 is 0 Å². The monoisotopic (exact) mass is 456 g/mol. The molecule has 0 aromatic heterocycles. The van der Waals surface area contributed by atoms with Gasteiger partial charge in [0.05, 0.1) is 10.8 Å². The molecule has 0 amide bonds. The maximum Gasteiger partial charge on any atom is 0.426 e. The SMILES string of the molecule is CC(C)(C)C(=O)OC12CC3CC(C1)CC(C(=O)OC(CS(=O)(=O)O)C(F)(F)F)(C3)C2. The van der Waals surface area contributed by atoms with Gasteiger partial charge in [-0.2, -0.15) is 21.6 Å². The Kier molecular flexibility index (Phi) is 5.50. The van der Waals surface area contributed by atoms with Gasteiger partial charge in [-0.15, -0.1) is 0 Å². The molecule has 4 bridgehead atoms. The highest BCUT2D eigenvalue weighted by atomic mass is 32.2. The molecule has 4 aliphatic carbocycles. The molecule has 1 N–H and O–H groups in total. The predicted octanol–water partition coefficient (Wildman–Crippen LogP) is 3.28. The average Bonchev–Trinajstić information content (AvgIpc) is 2.49. The summed E-state index contributed by atoms with van der Waals surface area (Å²) < 4.78 is 81.0. The fraction of sp³-hybridized carbons (Fsp3) is 0.895. The van der Waals surface area contributed by atoms with E-state index in [0.717, 1.165) is 6.42 Å². The van der Waals surface area contributed by atoms with E-state index >= 15 is 0 Å². The summed E-state index contributed by atoms with van der Waals surface area (Å²) in [6, 6.07) is 0. The van der Waals surface area contributed by atoms with E-state index in [1.807, 2.05) is 0 Å². The van der Waals surface area contributed by atoms with Crippen molar-refractivity contribution in [2.24, 2.45) is 22.7 Å². The van der Waals surface area contributed by atoms with Crippen molar-refractivity contribution in [3.05, 3.63) is 0 Å². The van der Waals surface area contributed by atoms with Crippen LogP contribution in [0.5, 0.6) is 0 Å². The van der Waals surface area contributed by atoms with E-state index in [4.69, 9.17) is 9.29 Å². The lowest BCUT2D eigenvalue weighted by molar-refractivity contribution is -0.238. The van der Waals surface area contributed by atoms with Gasteiger partial charge in [0.2, 0.25) is 6.10 Å². The van der Waals surface area contributed by atoms with E-state index in [-0.39, 0.29) is 18.3 Å². The van der Waals surface area contributed by atoms with Gasteiger partial charge in [-0.1, -0.05) is 0 Å². The number of halogens is 3. The number of hydrogen-bond donors (Lipinski definition) is 1. The minimum absolute atomic E-state index is 0.0116. The number of carbonyl (C=O) groups is 2. The standard InChI is InChI=1S/C19H27F3O7S/c1-16(2,3)14(23)29-18-7-11-4-12(8-18)6-17(5-11,10-18)15(24)28-13(19(20,21)22)9-30(25,26)27/h11-13H,4-10H2,1-3H3,(H,25,26,27). The van der Waals surface area contributed by atoms with Gasteiger partial charge in [-0.05, 0) is 64.7 Å². The van der Waals surface area contributed by atoms with Crippen LogP contribution in [0.3, 0.4) is 0 Å². The van der Waals surface area contributed by atoms with Gasteiger partial charge < -0.3 is 9.47 Å². The molecule has 7 nitrogen and oxygen atoms in total. The zero-order valence-corrected chi connectivity index (χ0v) is 17.9. The Morgan fingerprint density at radius 3 is 2.07 bits per heavy atom. The molecule has 4 saturated carbocycles. The summed E-state index contributed by atoms with van der Waals surface area (Å²) in [6.07, 6.45) is -5.52. The second kappa shape index (κ2) is 7.08. The molecule has 11 heteroatoms. The van der Waals surface area contributed by atoms with Crippen LogP contribution in [0.15, 0.2) is 0 Å². The Bertz CT molecular complexity index is 814. The molecule has 0 radical (unpaired) electrons. The molecular formula is C19H27F3O7S. The topological polar surface area (TPSA) is 107 Å². The van der Waals surface area contributed by atoms with Crippen molar-refractivity contribution in [2.45, 2.75) is 77.2 Å². The Labute approximate surface area is 173 Å². The van der Waals surface area contributed by atoms with Crippen molar-refractivity contribution in [1.82, 2.24) is 0 Å². The van der Waals surface area contributed by atoms with Crippen LogP contribution in [0.1, 0.15) is 59.3 Å². The van der Waals surface area contributed by atoms with Crippen molar-refractivity contribution in [3.63, 3.8) is 0 Å². The number of hydrogen-bond acceptors (Lipinski definition) is 6. The summed E-state index contributed by atoms with van der Waals surface area (Å²) in [4.78, 5) is 25.4. The second-order valence-corrected chi connectivity index (χ2v) is 11.7. The first-order chi connectivity index (χ1) is 13.4. The lowest BCUT2D eigenvalue weighted by Crippen LogP contribution is -2.61. The summed E-state index contributed by atoms with van der Waals surface area (Å²) in [6.45, 7) is 5.09. The zero-order valence-electron chi connectivity index (χ0n) is 17.1. The molecule has 3 unspecified atom stereocenters. The van der Waals surface area contributed by atoms with Gasteiger partial charge in [0.25, 0.3) is 10.1 Å². The average molecular weight is 456 g/mol. The Morgan fingerprint density at radius 2 is 1.63 bits per heavy atom. The highest BCUT2D eigenvalue weighted by molar-refractivity contribution is 7.85. The fourth-order valence-corrected chi connectivity index (χ4v) is 6.17. The fourth-order valence-electron chi connectivity index (χ4n) is 5.53. The summed E-state index contributed by atoms with van der Waals surface area (Å²) in [7, 11) is -5.02. The summed E-state index contributed by atoms with van der Waals surface area (Å²) in [5.74, 6) is -3.31. The second-order valence-electron chi connectivity index (χ2n) is 10.2. The van der Waals surface area contributed by atoms with Crippen LogP contribution in [0.4, 0.5) is 13.2 Å². The van der Waals surface area contributed by atoms with Crippen LogP contribution in [0, 0.1) is 22.7 Å². The van der Waals surface area contributed by atoms with Gasteiger partial charge in [-0.25, -0.2) is 0 Å². The van der Waals surface area contributed by atoms with Gasteiger partial charge in [0.1, 0.15) is 11.4 Å². The molecule has 4 aliphatic rings. The molecule has 4 rings (SSSR count). The van der Waals surface area contributed by atoms with E-state index in [1.54, 1.807) is 20.8 Å². The van der Waals surface area contributed by atoms with Gasteiger partial charge in [-0.3, -0.25) is 14.1 Å². The smallest absolute Gasteiger partial charge is 0.426 e. The van der Waals surface area contributed by atoms with Gasteiger partial charge in [0, 0.05) is 6.42 Å². The molecule has 0 saturated heterocycles. The predicted molar refractivity (Wildman–Crippen MR) is 97.7 cm³/mol. The van der Waals surface area contributed by atoms with E-state index in [0.29, 0.717) is 25.7 Å². The molecule has 30 heavy (non-hydrogen) atoms. The number of rotatable bonds is 5. The quantitative estimate of drug-likeness (QED) is 0.500. The summed E-state index contributed by atoms with van der Waals surface area (Å²) in [5, 5.41) is 0. The minimum atomic E-state index is -5.15. The zero-order chi connectivity index (χ0) is 22.8. The lowest BCUT2D eigenvalue weighted by Gasteiger charge is -2.60. The Morgan fingerprint density at radius 1 is 1.10 bits per heavy atom. The summed E-state index contributed by atoms with van der Waals surface area (Å²) >= 11 is 0. The van der Waals surface area contributed by atoms with Crippen LogP contribution in [0.2, 0.25) is 0 Å². The molecule has 0 heterocycles. The normalized spacial score (nSPS) is 34.5. The van der Waals surface area contributed by atoms with E-state index < -0.39 is 56.5 Å². The number of carbonyl (C=O) groups excluding carboxylic acids is 2. The molecule has 172 valence electrons. The van der Waals surface area contributed by atoms with Gasteiger partial charge >= 0.3 is 18.1 Å². The number of alkyl halides is 3. The first kappa shape index (κ1) is 23.3. The largest absolute Gasteiger partial charge is 0.459 e. The molecule has 3 atom stereocenters. The van der Waals surface area contributed by atoms with Crippen molar-refractivity contribution >= 4 is 22.1 Å². The molecule has 4 fully saturated rings. The van der Waals surface area contributed by atoms with Crippen molar-refractivity contribution in [3.8, 4) is 0 Å². The third-order valence-electron chi connectivity index (χ3n) is 6.34. The van der Waals surface area contributed by atoms with Crippen molar-refractivity contribution in [2.75, 3.05) is 5.75 Å². The van der Waals surface area contributed by atoms with Crippen LogP contribution in [-0.2, 0) is 29.2 Å². The number of ether oxygens (including phenoxy) is 2. The minimum Gasteiger partial charge on any atom is -0.459 e. The highest BCUT2D eigenvalue weighted by Gasteiger charge is 2.64.